The van der Waals surface area contributed by atoms with Crippen molar-refractivity contribution >= 4 is 23.6 Å². The molecule has 5 rings (SSSR count). The van der Waals surface area contributed by atoms with E-state index in [0.29, 0.717) is 30.0 Å². The molecule has 2 heterocycles. The molecule has 0 atom stereocenters. The van der Waals surface area contributed by atoms with Crippen LogP contribution in [0, 0.1) is 0 Å². The Hall–Kier alpha value is -3.25. The maximum absolute atomic E-state index is 13.4. The summed E-state index contributed by atoms with van der Waals surface area (Å²) in [5.74, 6) is 1.71. The number of carbonyl (C=O) groups is 2. The van der Waals surface area contributed by atoms with Crippen molar-refractivity contribution in [2.24, 2.45) is 0 Å². The molecule has 2 aliphatic rings. The van der Waals surface area contributed by atoms with Gasteiger partial charge in [0.15, 0.2) is 0 Å². The van der Waals surface area contributed by atoms with Gasteiger partial charge in [0.05, 0.1) is 12.0 Å². The molecule has 5 nitrogen and oxygen atoms in total. The first-order valence-corrected chi connectivity index (χ1v) is 12.6. The highest BCUT2D eigenvalue weighted by Gasteiger charge is 2.47. The van der Waals surface area contributed by atoms with Crippen LogP contribution >= 0.6 is 11.8 Å². The lowest BCUT2D eigenvalue weighted by Crippen LogP contribution is -2.53. The lowest BCUT2D eigenvalue weighted by molar-refractivity contribution is 0.0497. The Labute approximate surface area is 204 Å². The van der Waals surface area contributed by atoms with Gasteiger partial charge >= 0.3 is 0 Å². The number of hydrogen-bond donors (Lipinski definition) is 0. The highest BCUT2D eigenvalue weighted by atomic mass is 32.2. The third-order valence-corrected chi connectivity index (χ3v) is 8.36. The molecule has 6 heteroatoms. The molecule has 2 fully saturated rings. The van der Waals surface area contributed by atoms with E-state index in [-0.39, 0.29) is 16.7 Å². The van der Waals surface area contributed by atoms with E-state index in [9.17, 15) is 9.59 Å². The van der Waals surface area contributed by atoms with Crippen LogP contribution in [0.3, 0.4) is 0 Å². The summed E-state index contributed by atoms with van der Waals surface area (Å²) in [5, 5.41) is 0. The number of rotatable bonds is 4. The third-order valence-electron chi connectivity index (χ3n) is 6.81. The van der Waals surface area contributed by atoms with Crippen LogP contribution < -0.4 is 4.74 Å². The summed E-state index contributed by atoms with van der Waals surface area (Å²) in [5.41, 5.74) is 3.60. The van der Waals surface area contributed by atoms with Crippen molar-refractivity contribution in [3.63, 3.8) is 0 Å². The number of piperidine rings is 1. The SMILES string of the molecule is COc1cccc(C(=O)N2CCSC23CCN(C(=O)c2ccc(-c4ccccc4)cc2)CC3)c1. The zero-order valence-corrected chi connectivity index (χ0v) is 20.1. The van der Waals surface area contributed by atoms with Gasteiger partial charge in [0.2, 0.25) is 0 Å². The first kappa shape index (κ1) is 22.5. The summed E-state index contributed by atoms with van der Waals surface area (Å²) in [6.45, 7) is 2.03. The van der Waals surface area contributed by atoms with Crippen LogP contribution in [0.25, 0.3) is 11.1 Å². The summed E-state index contributed by atoms with van der Waals surface area (Å²) in [6.07, 6.45) is 1.56. The monoisotopic (exact) mass is 472 g/mol. The van der Waals surface area contributed by atoms with Gasteiger partial charge in [-0.1, -0.05) is 48.5 Å². The van der Waals surface area contributed by atoms with Gasteiger partial charge in [0, 0.05) is 36.5 Å². The van der Waals surface area contributed by atoms with Crippen molar-refractivity contribution in [2.45, 2.75) is 17.7 Å². The number of thioether (sulfide) groups is 1. The molecular weight excluding hydrogens is 444 g/mol. The number of amides is 2. The van der Waals surface area contributed by atoms with Crippen LogP contribution in [0.15, 0.2) is 78.9 Å². The van der Waals surface area contributed by atoms with Crippen LogP contribution in [0.1, 0.15) is 33.6 Å². The highest BCUT2D eigenvalue weighted by Crippen LogP contribution is 2.44. The van der Waals surface area contributed by atoms with Gasteiger partial charge in [-0.05, 0) is 54.3 Å². The molecule has 2 amide bonds. The smallest absolute Gasteiger partial charge is 0.255 e. The minimum absolute atomic E-state index is 0.0418. The van der Waals surface area contributed by atoms with Crippen LogP contribution in [-0.2, 0) is 0 Å². The topological polar surface area (TPSA) is 49.9 Å². The Bertz CT molecular complexity index is 1170. The number of methoxy groups -OCH3 is 1. The number of hydrogen-bond acceptors (Lipinski definition) is 4. The highest BCUT2D eigenvalue weighted by molar-refractivity contribution is 8.00. The molecule has 0 bridgehead atoms. The fourth-order valence-electron chi connectivity index (χ4n) is 4.90. The predicted octanol–water partition coefficient (Wildman–Crippen LogP) is 5.18. The molecule has 0 unspecified atom stereocenters. The normalized spacial score (nSPS) is 17.1. The Morgan fingerprint density at radius 3 is 2.21 bits per heavy atom. The second-order valence-corrected chi connectivity index (χ2v) is 10.2. The quantitative estimate of drug-likeness (QED) is 0.525. The third kappa shape index (κ3) is 4.30. The standard InChI is InChI=1S/C28H28N2O3S/c1-33-25-9-5-8-24(20-25)27(32)30-18-19-34-28(30)14-16-29(17-15-28)26(31)23-12-10-22(11-13-23)21-6-3-2-4-7-21/h2-13,20H,14-19H2,1H3. The first-order chi connectivity index (χ1) is 16.6. The molecule has 2 saturated heterocycles. The van der Waals surface area contributed by atoms with Crippen LogP contribution in [0.2, 0.25) is 0 Å². The van der Waals surface area contributed by atoms with Crippen LogP contribution in [-0.4, -0.2) is 59.0 Å². The van der Waals surface area contributed by atoms with E-state index in [1.807, 2.05) is 82.2 Å². The molecule has 0 saturated carbocycles. The zero-order chi connectivity index (χ0) is 23.5. The van der Waals surface area contributed by atoms with Crippen molar-refractivity contribution < 1.29 is 14.3 Å². The van der Waals surface area contributed by atoms with E-state index >= 15 is 0 Å². The molecule has 0 aromatic heterocycles. The lowest BCUT2D eigenvalue weighted by atomic mass is 9.99. The summed E-state index contributed by atoms with van der Waals surface area (Å²) in [6, 6.07) is 25.4. The van der Waals surface area contributed by atoms with Crippen molar-refractivity contribution in [1.82, 2.24) is 9.80 Å². The largest absolute Gasteiger partial charge is 0.497 e. The van der Waals surface area contributed by atoms with Crippen molar-refractivity contribution in [3.05, 3.63) is 90.0 Å². The van der Waals surface area contributed by atoms with Gasteiger partial charge in [-0.2, -0.15) is 0 Å². The summed E-state index contributed by atoms with van der Waals surface area (Å²) < 4.78 is 5.30. The number of carbonyl (C=O) groups excluding carboxylic acids is 2. The van der Waals surface area contributed by atoms with E-state index in [2.05, 4.69) is 12.1 Å². The summed E-state index contributed by atoms with van der Waals surface area (Å²) in [4.78, 5) is 30.2. The van der Waals surface area contributed by atoms with E-state index in [0.717, 1.165) is 36.3 Å². The first-order valence-electron chi connectivity index (χ1n) is 11.6. The molecule has 3 aromatic rings. The Kier molecular flexibility index (Phi) is 6.33. The van der Waals surface area contributed by atoms with E-state index in [1.54, 1.807) is 13.2 Å². The van der Waals surface area contributed by atoms with Crippen molar-refractivity contribution in [1.29, 1.82) is 0 Å². The molecule has 2 aliphatic heterocycles. The minimum Gasteiger partial charge on any atom is -0.497 e. The molecule has 34 heavy (non-hydrogen) atoms. The molecule has 174 valence electrons. The summed E-state index contributed by atoms with van der Waals surface area (Å²) in [7, 11) is 1.61. The van der Waals surface area contributed by atoms with Crippen LogP contribution in [0.4, 0.5) is 0 Å². The van der Waals surface area contributed by atoms with Gasteiger partial charge in [0.25, 0.3) is 11.8 Å². The predicted molar refractivity (Wildman–Crippen MR) is 136 cm³/mol. The van der Waals surface area contributed by atoms with Gasteiger partial charge in [-0.3, -0.25) is 9.59 Å². The molecule has 0 N–H and O–H groups in total. The number of ether oxygens (including phenoxy) is 1. The van der Waals surface area contributed by atoms with Gasteiger partial charge < -0.3 is 14.5 Å². The second-order valence-electron chi connectivity index (χ2n) is 8.72. The van der Waals surface area contributed by atoms with Crippen LogP contribution in [0.5, 0.6) is 5.75 Å². The van der Waals surface area contributed by atoms with E-state index in [1.165, 1.54) is 0 Å². The average molecular weight is 473 g/mol. The summed E-state index contributed by atoms with van der Waals surface area (Å²) >= 11 is 1.85. The van der Waals surface area contributed by atoms with Gasteiger partial charge in [-0.25, -0.2) is 0 Å². The fourth-order valence-corrected chi connectivity index (χ4v) is 6.35. The number of likely N-dealkylation sites (tertiary alicyclic amines) is 1. The zero-order valence-electron chi connectivity index (χ0n) is 19.3. The number of benzene rings is 3. The average Bonchev–Trinajstić information content (AvgIpc) is 3.31. The Balaban J connectivity index is 1.26. The fraction of sp³-hybridized carbons (Fsp3) is 0.286. The van der Waals surface area contributed by atoms with Gasteiger partial charge in [0.1, 0.15) is 5.75 Å². The maximum Gasteiger partial charge on any atom is 0.255 e. The lowest BCUT2D eigenvalue weighted by Gasteiger charge is -2.44. The maximum atomic E-state index is 13.4. The molecule has 3 aromatic carbocycles. The van der Waals surface area contributed by atoms with Crippen molar-refractivity contribution in [2.75, 3.05) is 32.5 Å². The Morgan fingerprint density at radius 2 is 1.50 bits per heavy atom. The molecule has 0 radical (unpaired) electrons. The van der Waals surface area contributed by atoms with Gasteiger partial charge in [-0.15, -0.1) is 11.8 Å². The molecule has 0 aliphatic carbocycles. The van der Waals surface area contributed by atoms with E-state index in [4.69, 9.17) is 4.74 Å². The van der Waals surface area contributed by atoms with E-state index < -0.39 is 0 Å². The minimum atomic E-state index is -0.242. The second kappa shape index (κ2) is 9.55. The van der Waals surface area contributed by atoms with Crippen molar-refractivity contribution in [3.8, 4) is 16.9 Å². The Morgan fingerprint density at radius 1 is 0.794 bits per heavy atom. The number of nitrogens with zero attached hydrogens (tertiary/aromatic N) is 2. The molecular formula is C28H28N2O3S. The molecule has 1 spiro atoms.